The summed E-state index contributed by atoms with van der Waals surface area (Å²) in [4.78, 5) is 23.5. The molecular weight excluding hydrogens is 402 g/mol. The maximum Gasteiger partial charge on any atom is 0.226 e. The summed E-state index contributed by atoms with van der Waals surface area (Å²) >= 11 is 0. The van der Waals surface area contributed by atoms with Crippen molar-refractivity contribution in [3.8, 4) is 6.07 Å². The zero-order chi connectivity index (χ0) is 22.0. The highest BCUT2D eigenvalue weighted by Gasteiger charge is 2.44. The maximum absolute atomic E-state index is 13.6. The van der Waals surface area contributed by atoms with Gasteiger partial charge in [0.1, 0.15) is 23.4 Å². The lowest BCUT2D eigenvalue weighted by Crippen LogP contribution is -2.34. The van der Waals surface area contributed by atoms with E-state index in [4.69, 9.17) is 10.7 Å². The summed E-state index contributed by atoms with van der Waals surface area (Å²) in [5, 5.41) is 19.3. The number of amides is 1. The summed E-state index contributed by atoms with van der Waals surface area (Å²) in [5.41, 5.74) is 0.638. The molecule has 1 aliphatic carbocycles. The predicted octanol–water partition coefficient (Wildman–Crippen LogP) is 2.99. The Kier molecular flexibility index (Phi) is 5.89. The first-order valence-corrected chi connectivity index (χ1v) is 10.2. The van der Waals surface area contributed by atoms with Crippen LogP contribution in [-0.4, -0.2) is 35.2 Å². The molecule has 1 aliphatic heterocycles. The van der Waals surface area contributed by atoms with Crippen LogP contribution in [0.1, 0.15) is 36.6 Å². The number of carbonyl (C=O) groups is 1. The Hall–Kier alpha value is -3.41. The molecule has 31 heavy (non-hydrogen) atoms. The van der Waals surface area contributed by atoms with E-state index in [0.29, 0.717) is 41.9 Å². The fraction of sp³-hybridized carbons (Fsp3) is 0.409. The van der Waals surface area contributed by atoms with Crippen LogP contribution < -0.4 is 10.2 Å². The first-order chi connectivity index (χ1) is 15.0. The molecule has 0 bridgehead atoms. The van der Waals surface area contributed by atoms with Crippen molar-refractivity contribution in [1.82, 2.24) is 15.3 Å². The van der Waals surface area contributed by atoms with Crippen LogP contribution in [0.25, 0.3) is 0 Å². The summed E-state index contributed by atoms with van der Waals surface area (Å²) < 4.78 is 27.2. The highest BCUT2D eigenvalue weighted by atomic mass is 19.1. The number of nitrogens with zero attached hydrogens (tertiary/aromatic N) is 4. The molecule has 1 saturated carbocycles. The van der Waals surface area contributed by atoms with E-state index in [1.54, 1.807) is 12.3 Å². The van der Waals surface area contributed by atoms with Gasteiger partial charge in [-0.25, -0.2) is 18.7 Å². The lowest BCUT2D eigenvalue weighted by atomic mass is 10.0. The second kappa shape index (κ2) is 8.76. The number of nitrogens with one attached hydrogen (secondary N) is 2. The summed E-state index contributed by atoms with van der Waals surface area (Å²) in [5.74, 6) is -0.588. The van der Waals surface area contributed by atoms with E-state index < -0.39 is 17.7 Å². The SMILES string of the molecule is N#Cc1ccnc(N2C[C@H]3C[C@@H](C(=O)N[C@@H](CC=N)c4cc(F)cc(F)c4)C[C@H]3C2)n1. The zero-order valence-electron chi connectivity index (χ0n) is 16.8. The number of anilines is 1. The number of halogens is 2. The number of hydrogen-bond donors (Lipinski definition) is 2. The van der Waals surface area contributed by atoms with E-state index in [1.807, 2.05) is 6.07 Å². The van der Waals surface area contributed by atoms with E-state index >= 15 is 0 Å². The van der Waals surface area contributed by atoms with Gasteiger partial charge in [-0.1, -0.05) is 0 Å². The minimum atomic E-state index is -0.711. The van der Waals surface area contributed by atoms with Gasteiger partial charge in [0.05, 0.1) is 6.04 Å². The quantitative estimate of drug-likeness (QED) is 0.694. The van der Waals surface area contributed by atoms with E-state index in [9.17, 15) is 13.6 Å². The van der Waals surface area contributed by atoms with Crippen molar-refractivity contribution in [3.63, 3.8) is 0 Å². The van der Waals surface area contributed by atoms with Gasteiger partial charge in [-0.05, 0) is 54.7 Å². The second-order valence-electron chi connectivity index (χ2n) is 8.15. The minimum absolute atomic E-state index is 0.153. The number of hydrogen-bond acceptors (Lipinski definition) is 6. The summed E-state index contributed by atoms with van der Waals surface area (Å²) in [7, 11) is 0. The normalized spacial score (nSPS) is 23.1. The standard InChI is InChI=1S/C22H22F2N6O/c23-17-7-13(8-18(24)9-17)20(1-3-25)29-21(31)14-5-15-11-30(12-16(15)6-14)22-27-4-2-19(10-26)28-22/h2-4,7-9,14-16,20,25H,1,5-6,11-12H2,(H,29,31)/t14-,15-,16+,20-/m0/s1. The van der Waals surface area contributed by atoms with Gasteiger partial charge in [-0.2, -0.15) is 5.26 Å². The Morgan fingerprint density at radius 2 is 1.97 bits per heavy atom. The molecule has 4 rings (SSSR count). The predicted molar refractivity (Wildman–Crippen MR) is 109 cm³/mol. The van der Waals surface area contributed by atoms with Crippen LogP contribution in [-0.2, 0) is 4.79 Å². The molecule has 1 amide bonds. The molecule has 2 fully saturated rings. The molecule has 2 aliphatic rings. The van der Waals surface area contributed by atoms with E-state index in [2.05, 4.69) is 20.2 Å². The summed E-state index contributed by atoms with van der Waals surface area (Å²) in [6.45, 7) is 1.45. The fourth-order valence-corrected chi connectivity index (χ4v) is 4.70. The van der Waals surface area contributed by atoms with Crippen LogP contribution in [0.5, 0.6) is 0 Å². The number of fused-ring (bicyclic) bond motifs is 1. The lowest BCUT2D eigenvalue weighted by molar-refractivity contribution is -0.125. The summed E-state index contributed by atoms with van der Waals surface area (Å²) in [6, 6.07) is 6.10. The maximum atomic E-state index is 13.6. The molecule has 4 atom stereocenters. The van der Waals surface area contributed by atoms with Gasteiger partial charge >= 0.3 is 0 Å². The zero-order valence-corrected chi connectivity index (χ0v) is 16.8. The molecule has 1 aromatic carbocycles. The first kappa shape index (κ1) is 20.8. The Bertz CT molecular complexity index is 1000. The Labute approximate surface area is 178 Å². The van der Waals surface area contributed by atoms with Crippen molar-refractivity contribution >= 4 is 18.1 Å². The number of nitriles is 1. The molecule has 2 N–H and O–H groups in total. The van der Waals surface area contributed by atoms with Gasteiger partial charge < -0.3 is 15.6 Å². The van der Waals surface area contributed by atoms with Crippen molar-refractivity contribution in [1.29, 1.82) is 10.7 Å². The number of rotatable bonds is 6. The van der Waals surface area contributed by atoms with Crippen molar-refractivity contribution in [2.45, 2.75) is 25.3 Å². The van der Waals surface area contributed by atoms with Crippen molar-refractivity contribution in [2.24, 2.45) is 17.8 Å². The Balaban J connectivity index is 1.39. The molecule has 1 saturated heterocycles. The molecule has 2 aromatic rings. The largest absolute Gasteiger partial charge is 0.349 e. The average Bonchev–Trinajstić information content (AvgIpc) is 3.32. The van der Waals surface area contributed by atoms with Crippen LogP contribution in [0.2, 0.25) is 0 Å². The average molecular weight is 424 g/mol. The van der Waals surface area contributed by atoms with E-state index in [-0.39, 0.29) is 18.2 Å². The third-order valence-corrected chi connectivity index (χ3v) is 6.12. The molecular formula is C22H22F2N6O. The first-order valence-electron chi connectivity index (χ1n) is 10.2. The molecule has 7 nitrogen and oxygen atoms in total. The number of benzene rings is 1. The highest BCUT2D eigenvalue weighted by Crippen LogP contribution is 2.42. The number of carbonyl (C=O) groups excluding carboxylic acids is 1. The smallest absolute Gasteiger partial charge is 0.226 e. The molecule has 1 aromatic heterocycles. The van der Waals surface area contributed by atoms with Crippen LogP contribution in [0, 0.1) is 46.1 Å². The highest BCUT2D eigenvalue weighted by molar-refractivity contribution is 5.80. The van der Waals surface area contributed by atoms with Gasteiger partial charge in [0, 0.05) is 37.7 Å². The van der Waals surface area contributed by atoms with Gasteiger partial charge in [0.2, 0.25) is 11.9 Å². The van der Waals surface area contributed by atoms with Crippen molar-refractivity contribution < 1.29 is 13.6 Å². The van der Waals surface area contributed by atoms with Crippen LogP contribution in [0.15, 0.2) is 30.5 Å². The molecule has 2 heterocycles. The second-order valence-corrected chi connectivity index (χ2v) is 8.15. The topological polar surface area (TPSA) is 106 Å². The molecule has 0 radical (unpaired) electrons. The van der Waals surface area contributed by atoms with Gasteiger partial charge in [-0.3, -0.25) is 4.79 Å². The van der Waals surface area contributed by atoms with E-state index in [1.165, 1.54) is 12.1 Å². The van der Waals surface area contributed by atoms with Gasteiger partial charge in [-0.15, -0.1) is 0 Å². The van der Waals surface area contributed by atoms with E-state index in [0.717, 1.165) is 25.4 Å². The monoisotopic (exact) mass is 424 g/mol. The van der Waals surface area contributed by atoms with Gasteiger partial charge in [0.25, 0.3) is 0 Å². The molecule has 0 unspecified atom stereocenters. The third-order valence-electron chi connectivity index (χ3n) is 6.12. The van der Waals surface area contributed by atoms with Crippen LogP contribution in [0.3, 0.4) is 0 Å². The molecule has 0 spiro atoms. The van der Waals surface area contributed by atoms with Crippen LogP contribution in [0.4, 0.5) is 14.7 Å². The minimum Gasteiger partial charge on any atom is -0.349 e. The van der Waals surface area contributed by atoms with Crippen molar-refractivity contribution in [3.05, 3.63) is 53.4 Å². The van der Waals surface area contributed by atoms with Gasteiger partial charge in [0.15, 0.2) is 0 Å². The molecule has 160 valence electrons. The molecule has 9 heteroatoms. The summed E-state index contributed by atoms with van der Waals surface area (Å²) in [6.07, 6.45) is 4.28. The Morgan fingerprint density at radius 1 is 1.29 bits per heavy atom. The van der Waals surface area contributed by atoms with Crippen molar-refractivity contribution in [2.75, 3.05) is 18.0 Å². The van der Waals surface area contributed by atoms with Crippen LogP contribution >= 0.6 is 0 Å². The lowest BCUT2D eigenvalue weighted by Gasteiger charge is -2.22. The Morgan fingerprint density at radius 3 is 2.58 bits per heavy atom. The number of aromatic nitrogens is 2. The fourth-order valence-electron chi connectivity index (χ4n) is 4.70. The third kappa shape index (κ3) is 4.53.